The summed E-state index contributed by atoms with van der Waals surface area (Å²) in [6, 6.07) is 8.83. The maximum atomic E-state index is 12.2. The summed E-state index contributed by atoms with van der Waals surface area (Å²) in [6.07, 6.45) is 0. The smallest absolute Gasteiger partial charge is 0.223 e. The third-order valence-corrected chi connectivity index (χ3v) is 2.80. The molecule has 0 aliphatic heterocycles. The van der Waals surface area contributed by atoms with Gasteiger partial charge in [-0.25, -0.2) is 0 Å². The van der Waals surface area contributed by atoms with E-state index >= 15 is 0 Å². The molecule has 1 atom stereocenters. The Labute approximate surface area is 109 Å². The monoisotopic (exact) mass is 247 g/mol. The largest absolute Gasteiger partial charge is 0.342 e. The standard InChI is InChI=1S/C15H21NO2/c1-10(2)14(17)13(16-15(18)11(3)4)12-8-6-5-7-9-12/h5-11,13H,1-4H3,(H,16,18). The van der Waals surface area contributed by atoms with Crippen molar-refractivity contribution in [2.45, 2.75) is 33.7 Å². The van der Waals surface area contributed by atoms with Crippen molar-refractivity contribution in [3.8, 4) is 0 Å². The molecule has 0 saturated heterocycles. The Balaban J connectivity index is 2.96. The molecule has 1 N–H and O–H groups in total. The number of carbonyl (C=O) groups excluding carboxylic acids is 2. The lowest BCUT2D eigenvalue weighted by atomic mass is 9.95. The highest BCUT2D eigenvalue weighted by Gasteiger charge is 2.25. The van der Waals surface area contributed by atoms with Crippen LogP contribution in [-0.2, 0) is 9.59 Å². The predicted molar refractivity (Wildman–Crippen MR) is 72.0 cm³/mol. The Morgan fingerprint density at radius 3 is 1.94 bits per heavy atom. The van der Waals surface area contributed by atoms with Crippen molar-refractivity contribution in [3.05, 3.63) is 35.9 Å². The second-order valence-corrected chi connectivity index (χ2v) is 5.06. The van der Waals surface area contributed by atoms with Crippen LogP contribution in [0.25, 0.3) is 0 Å². The molecule has 0 saturated carbocycles. The lowest BCUT2D eigenvalue weighted by Gasteiger charge is -2.21. The molecule has 18 heavy (non-hydrogen) atoms. The fourth-order valence-corrected chi connectivity index (χ4v) is 1.61. The first-order valence-electron chi connectivity index (χ1n) is 6.32. The molecular formula is C15H21NO2. The molecule has 0 fully saturated rings. The van der Waals surface area contributed by atoms with Gasteiger partial charge in [-0.15, -0.1) is 0 Å². The molecular weight excluding hydrogens is 226 g/mol. The quantitative estimate of drug-likeness (QED) is 0.869. The number of rotatable bonds is 5. The van der Waals surface area contributed by atoms with E-state index in [0.29, 0.717) is 0 Å². The van der Waals surface area contributed by atoms with Crippen molar-refractivity contribution in [1.29, 1.82) is 0 Å². The average Bonchev–Trinajstić information content (AvgIpc) is 2.35. The van der Waals surface area contributed by atoms with E-state index in [1.807, 2.05) is 58.0 Å². The van der Waals surface area contributed by atoms with Crippen molar-refractivity contribution >= 4 is 11.7 Å². The van der Waals surface area contributed by atoms with Gasteiger partial charge in [0.2, 0.25) is 5.91 Å². The molecule has 0 heterocycles. The van der Waals surface area contributed by atoms with Crippen LogP contribution >= 0.6 is 0 Å². The molecule has 1 rings (SSSR count). The van der Waals surface area contributed by atoms with E-state index in [-0.39, 0.29) is 23.5 Å². The van der Waals surface area contributed by atoms with Gasteiger partial charge in [-0.05, 0) is 5.56 Å². The second kappa shape index (κ2) is 6.34. The lowest BCUT2D eigenvalue weighted by Crippen LogP contribution is -2.37. The zero-order chi connectivity index (χ0) is 13.7. The molecule has 0 aliphatic rings. The Hall–Kier alpha value is -1.64. The molecule has 1 unspecified atom stereocenters. The van der Waals surface area contributed by atoms with Crippen molar-refractivity contribution in [2.24, 2.45) is 11.8 Å². The fourth-order valence-electron chi connectivity index (χ4n) is 1.61. The van der Waals surface area contributed by atoms with Crippen LogP contribution in [0, 0.1) is 11.8 Å². The molecule has 0 radical (unpaired) electrons. The van der Waals surface area contributed by atoms with E-state index in [2.05, 4.69) is 5.32 Å². The van der Waals surface area contributed by atoms with Crippen LogP contribution in [0.15, 0.2) is 30.3 Å². The van der Waals surface area contributed by atoms with Gasteiger partial charge in [0.25, 0.3) is 0 Å². The molecule has 1 amide bonds. The van der Waals surface area contributed by atoms with Gasteiger partial charge in [-0.1, -0.05) is 58.0 Å². The highest BCUT2D eigenvalue weighted by Crippen LogP contribution is 2.18. The fraction of sp³-hybridized carbons (Fsp3) is 0.467. The number of ketones is 1. The van der Waals surface area contributed by atoms with Crippen LogP contribution in [0.1, 0.15) is 39.3 Å². The number of benzene rings is 1. The third kappa shape index (κ3) is 3.69. The number of amides is 1. The number of hydrogen-bond donors (Lipinski definition) is 1. The molecule has 3 nitrogen and oxygen atoms in total. The van der Waals surface area contributed by atoms with Crippen molar-refractivity contribution in [1.82, 2.24) is 5.32 Å². The Bertz CT molecular complexity index is 410. The van der Waals surface area contributed by atoms with Gasteiger partial charge in [0.1, 0.15) is 6.04 Å². The van der Waals surface area contributed by atoms with Crippen LogP contribution in [0.3, 0.4) is 0 Å². The number of carbonyl (C=O) groups is 2. The molecule has 3 heteroatoms. The number of hydrogen-bond acceptors (Lipinski definition) is 2. The molecule has 0 bridgehead atoms. The van der Waals surface area contributed by atoms with E-state index in [1.165, 1.54) is 0 Å². The molecule has 1 aromatic carbocycles. The van der Waals surface area contributed by atoms with Gasteiger partial charge in [-0.2, -0.15) is 0 Å². The van der Waals surface area contributed by atoms with Crippen LogP contribution in [-0.4, -0.2) is 11.7 Å². The molecule has 1 aromatic rings. The summed E-state index contributed by atoms with van der Waals surface area (Å²) in [6.45, 7) is 7.33. The van der Waals surface area contributed by atoms with Crippen molar-refractivity contribution < 1.29 is 9.59 Å². The summed E-state index contributed by atoms with van der Waals surface area (Å²) in [5.74, 6) is -0.299. The van der Waals surface area contributed by atoms with Gasteiger partial charge in [0, 0.05) is 11.8 Å². The SMILES string of the molecule is CC(C)C(=O)NC(C(=O)C(C)C)c1ccccc1. The molecule has 0 aromatic heterocycles. The van der Waals surface area contributed by atoms with Crippen molar-refractivity contribution in [3.63, 3.8) is 0 Å². The predicted octanol–water partition coefficient (Wildman–Crippen LogP) is 2.73. The Kier molecular flexibility index (Phi) is 5.08. The minimum absolute atomic E-state index is 0.0372. The third-order valence-electron chi connectivity index (χ3n) is 2.80. The summed E-state index contributed by atoms with van der Waals surface area (Å²) in [4.78, 5) is 24.0. The zero-order valence-electron chi connectivity index (χ0n) is 11.4. The number of Topliss-reactive ketones (excluding diaryl/α,β-unsaturated/α-hetero) is 1. The summed E-state index contributed by atoms with van der Waals surface area (Å²) in [5, 5.41) is 2.83. The van der Waals surface area contributed by atoms with E-state index in [4.69, 9.17) is 0 Å². The van der Waals surface area contributed by atoms with Gasteiger partial charge in [0.15, 0.2) is 5.78 Å². The normalized spacial score (nSPS) is 12.6. The van der Waals surface area contributed by atoms with Gasteiger partial charge in [0.05, 0.1) is 0 Å². The van der Waals surface area contributed by atoms with Gasteiger partial charge >= 0.3 is 0 Å². The number of nitrogens with one attached hydrogen (secondary N) is 1. The first-order valence-corrected chi connectivity index (χ1v) is 6.32. The molecule has 98 valence electrons. The van der Waals surface area contributed by atoms with Gasteiger partial charge < -0.3 is 5.32 Å². The van der Waals surface area contributed by atoms with E-state index in [1.54, 1.807) is 0 Å². The van der Waals surface area contributed by atoms with Gasteiger partial charge in [-0.3, -0.25) is 9.59 Å². The second-order valence-electron chi connectivity index (χ2n) is 5.06. The highest BCUT2D eigenvalue weighted by atomic mass is 16.2. The van der Waals surface area contributed by atoms with E-state index < -0.39 is 6.04 Å². The Morgan fingerprint density at radius 2 is 1.50 bits per heavy atom. The van der Waals surface area contributed by atoms with Crippen molar-refractivity contribution in [2.75, 3.05) is 0 Å². The topological polar surface area (TPSA) is 46.2 Å². The maximum absolute atomic E-state index is 12.2. The maximum Gasteiger partial charge on any atom is 0.223 e. The van der Waals surface area contributed by atoms with Crippen LogP contribution in [0.2, 0.25) is 0 Å². The highest BCUT2D eigenvalue weighted by molar-refractivity contribution is 5.91. The van der Waals surface area contributed by atoms with E-state index in [0.717, 1.165) is 5.56 Å². The molecule has 0 aliphatic carbocycles. The minimum atomic E-state index is -0.541. The lowest BCUT2D eigenvalue weighted by molar-refractivity contribution is -0.131. The molecule has 0 spiro atoms. The van der Waals surface area contributed by atoms with E-state index in [9.17, 15) is 9.59 Å². The minimum Gasteiger partial charge on any atom is -0.342 e. The average molecular weight is 247 g/mol. The summed E-state index contributed by atoms with van der Waals surface area (Å²) < 4.78 is 0. The van der Waals surface area contributed by atoms with Crippen LogP contribution < -0.4 is 5.32 Å². The Morgan fingerprint density at radius 1 is 0.944 bits per heavy atom. The first kappa shape index (κ1) is 14.4. The summed E-state index contributed by atoms with van der Waals surface area (Å²) >= 11 is 0. The van der Waals surface area contributed by atoms with Crippen LogP contribution in [0.5, 0.6) is 0 Å². The first-order chi connectivity index (χ1) is 8.43. The zero-order valence-corrected chi connectivity index (χ0v) is 11.4. The van der Waals surface area contributed by atoms with Crippen LogP contribution in [0.4, 0.5) is 0 Å². The summed E-state index contributed by atoms with van der Waals surface area (Å²) in [5.41, 5.74) is 0.838. The summed E-state index contributed by atoms with van der Waals surface area (Å²) in [7, 11) is 0.